The van der Waals surface area contributed by atoms with Gasteiger partial charge in [-0.2, -0.15) is 0 Å². The molecule has 2 aromatic heterocycles. The zero-order valence-corrected chi connectivity index (χ0v) is 19.5. The number of oxazole rings is 1. The summed E-state index contributed by atoms with van der Waals surface area (Å²) >= 11 is 0. The fourth-order valence-electron chi connectivity index (χ4n) is 4.67. The van der Waals surface area contributed by atoms with Gasteiger partial charge >= 0.3 is 0 Å². The van der Waals surface area contributed by atoms with E-state index in [9.17, 15) is 9.59 Å². The van der Waals surface area contributed by atoms with Crippen molar-refractivity contribution >= 4 is 11.8 Å². The van der Waals surface area contributed by atoms with Crippen molar-refractivity contribution in [3.8, 4) is 0 Å². The van der Waals surface area contributed by atoms with Gasteiger partial charge in [-0.1, -0.05) is 5.16 Å². The summed E-state index contributed by atoms with van der Waals surface area (Å²) in [6, 6.07) is 1.74. The standard InChI is InChI=1S/C23H31N5O6/c1-16-20(23(30)28-8-12-32-13-9-28)24-21(33-16)17-2-4-27(5-3-17)22(29)19-14-18(34-25-19)15-26-6-10-31-11-7-26/h14,17H,2-13,15H2,1H3. The Balaban J connectivity index is 1.16. The number of aryl methyl sites for hydroxylation is 1. The van der Waals surface area contributed by atoms with Crippen molar-refractivity contribution in [2.45, 2.75) is 32.2 Å². The lowest BCUT2D eigenvalue weighted by Gasteiger charge is -2.30. The second-order valence-electron chi connectivity index (χ2n) is 8.99. The second kappa shape index (κ2) is 10.2. The minimum atomic E-state index is -0.123. The third kappa shape index (κ3) is 5.01. The summed E-state index contributed by atoms with van der Waals surface area (Å²) in [5.74, 6) is 1.65. The number of ether oxygens (including phenoxy) is 2. The Morgan fingerprint density at radius 3 is 2.29 bits per heavy atom. The van der Waals surface area contributed by atoms with E-state index < -0.39 is 0 Å². The summed E-state index contributed by atoms with van der Waals surface area (Å²) in [6.45, 7) is 8.88. The number of hydrogen-bond donors (Lipinski definition) is 0. The van der Waals surface area contributed by atoms with E-state index in [0.29, 0.717) is 88.0 Å². The molecule has 3 saturated heterocycles. The van der Waals surface area contributed by atoms with Crippen molar-refractivity contribution in [1.29, 1.82) is 0 Å². The maximum atomic E-state index is 12.9. The zero-order valence-electron chi connectivity index (χ0n) is 19.5. The van der Waals surface area contributed by atoms with Crippen LogP contribution in [0.25, 0.3) is 0 Å². The highest BCUT2D eigenvalue weighted by Crippen LogP contribution is 2.30. The van der Waals surface area contributed by atoms with Crippen molar-refractivity contribution in [2.24, 2.45) is 0 Å². The van der Waals surface area contributed by atoms with Gasteiger partial charge in [0.1, 0.15) is 5.76 Å². The van der Waals surface area contributed by atoms with Gasteiger partial charge in [-0.25, -0.2) is 4.98 Å². The fourth-order valence-corrected chi connectivity index (χ4v) is 4.67. The van der Waals surface area contributed by atoms with Crippen molar-refractivity contribution in [2.75, 3.05) is 65.7 Å². The van der Waals surface area contributed by atoms with Crippen LogP contribution in [0.2, 0.25) is 0 Å². The summed E-state index contributed by atoms with van der Waals surface area (Å²) in [5.41, 5.74) is 0.720. The Morgan fingerprint density at radius 1 is 0.941 bits per heavy atom. The Bertz CT molecular complexity index is 999. The number of hydrogen-bond acceptors (Lipinski definition) is 9. The van der Waals surface area contributed by atoms with E-state index in [0.717, 1.165) is 25.9 Å². The molecule has 0 bridgehead atoms. The van der Waals surface area contributed by atoms with E-state index in [2.05, 4.69) is 15.0 Å². The number of morpholine rings is 2. The van der Waals surface area contributed by atoms with Crippen molar-refractivity contribution < 1.29 is 28.0 Å². The molecule has 0 N–H and O–H groups in total. The Kier molecular flexibility index (Phi) is 6.93. The molecule has 34 heavy (non-hydrogen) atoms. The van der Waals surface area contributed by atoms with Gasteiger partial charge in [0.15, 0.2) is 23.0 Å². The average Bonchev–Trinajstić information content (AvgIpc) is 3.51. The van der Waals surface area contributed by atoms with Gasteiger partial charge in [-0.05, 0) is 19.8 Å². The lowest BCUT2D eigenvalue weighted by molar-refractivity contribution is 0.0298. The second-order valence-corrected chi connectivity index (χ2v) is 8.99. The van der Waals surface area contributed by atoms with Crippen LogP contribution in [0.15, 0.2) is 15.0 Å². The highest BCUT2D eigenvalue weighted by molar-refractivity contribution is 5.93. The quantitative estimate of drug-likeness (QED) is 0.634. The minimum Gasteiger partial charge on any atom is -0.445 e. The Hall–Kier alpha value is -2.76. The molecule has 11 nitrogen and oxygen atoms in total. The summed E-state index contributed by atoms with van der Waals surface area (Å²) in [7, 11) is 0. The number of nitrogens with zero attached hydrogens (tertiary/aromatic N) is 5. The molecule has 3 fully saturated rings. The van der Waals surface area contributed by atoms with Crippen LogP contribution in [-0.4, -0.2) is 102 Å². The molecule has 3 aliphatic heterocycles. The van der Waals surface area contributed by atoms with E-state index in [1.54, 1.807) is 22.8 Å². The van der Waals surface area contributed by atoms with Crippen LogP contribution in [0.4, 0.5) is 0 Å². The van der Waals surface area contributed by atoms with Crippen LogP contribution in [0.5, 0.6) is 0 Å². The average molecular weight is 474 g/mol. The summed E-state index contributed by atoms with van der Waals surface area (Å²) in [6.07, 6.45) is 1.44. The fraction of sp³-hybridized carbons (Fsp3) is 0.652. The Labute approximate surface area is 197 Å². The van der Waals surface area contributed by atoms with Gasteiger partial charge in [0.2, 0.25) is 0 Å². The molecule has 0 saturated carbocycles. The maximum Gasteiger partial charge on any atom is 0.276 e. The van der Waals surface area contributed by atoms with E-state index in [1.807, 2.05) is 0 Å². The molecule has 2 aromatic rings. The highest BCUT2D eigenvalue weighted by atomic mass is 16.5. The molecule has 0 atom stereocenters. The third-order valence-electron chi connectivity index (χ3n) is 6.71. The molecule has 5 rings (SSSR count). The molecule has 0 unspecified atom stereocenters. The van der Waals surface area contributed by atoms with Crippen LogP contribution in [-0.2, 0) is 16.0 Å². The number of amides is 2. The van der Waals surface area contributed by atoms with E-state index in [-0.39, 0.29) is 17.7 Å². The molecular formula is C23H31N5O6. The van der Waals surface area contributed by atoms with Gasteiger partial charge in [0, 0.05) is 51.3 Å². The van der Waals surface area contributed by atoms with Crippen molar-refractivity contribution in [3.63, 3.8) is 0 Å². The molecule has 3 aliphatic rings. The molecule has 0 aromatic carbocycles. The predicted molar refractivity (Wildman–Crippen MR) is 118 cm³/mol. The molecular weight excluding hydrogens is 442 g/mol. The maximum absolute atomic E-state index is 12.9. The number of piperidine rings is 1. The number of rotatable bonds is 5. The topological polar surface area (TPSA) is 114 Å². The van der Waals surface area contributed by atoms with Gasteiger partial charge in [0.25, 0.3) is 11.8 Å². The largest absolute Gasteiger partial charge is 0.445 e. The number of carbonyl (C=O) groups is 2. The number of aromatic nitrogens is 2. The summed E-state index contributed by atoms with van der Waals surface area (Å²) in [5, 5.41) is 4.01. The monoisotopic (exact) mass is 473 g/mol. The normalized spacial score (nSPS) is 20.6. The molecule has 0 aliphatic carbocycles. The van der Waals surface area contributed by atoms with Crippen LogP contribution in [0, 0.1) is 6.92 Å². The molecule has 5 heterocycles. The van der Waals surface area contributed by atoms with E-state index in [1.165, 1.54) is 0 Å². The molecule has 0 spiro atoms. The van der Waals surface area contributed by atoms with Crippen molar-refractivity contribution in [3.05, 3.63) is 34.9 Å². The van der Waals surface area contributed by atoms with Gasteiger partial charge < -0.3 is 28.2 Å². The van der Waals surface area contributed by atoms with E-state index >= 15 is 0 Å². The molecule has 11 heteroatoms. The molecule has 0 radical (unpaired) electrons. The highest BCUT2D eigenvalue weighted by Gasteiger charge is 2.31. The summed E-state index contributed by atoms with van der Waals surface area (Å²) in [4.78, 5) is 36.1. The number of carbonyl (C=O) groups excluding carboxylic acids is 2. The first-order valence-electron chi connectivity index (χ1n) is 12.0. The van der Waals surface area contributed by atoms with Crippen LogP contribution in [0.1, 0.15) is 57.1 Å². The van der Waals surface area contributed by atoms with Crippen LogP contribution in [0.3, 0.4) is 0 Å². The lowest BCUT2D eigenvalue weighted by atomic mass is 9.96. The third-order valence-corrected chi connectivity index (χ3v) is 6.71. The Morgan fingerprint density at radius 2 is 1.59 bits per heavy atom. The smallest absolute Gasteiger partial charge is 0.276 e. The SMILES string of the molecule is Cc1oc(C2CCN(C(=O)c3cc(CN4CCOCC4)on3)CC2)nc1C(=O)N1CCOCC1. The first-order chi connectivity index (χ1) is 16.6. The zero-order chi connectivity index (χ0) is 23.5. The lowest BCUT2D eigenvalue weighted by Crippen LogP contribution is -2.41. The first-order valence-corrected chi connectivity index (χ1v) is 12.0. The first kappa shape index (κ1) is 23.0. The van der Waals surface area contributed by atoms with Crippen LogP contribution >= 0.6 is 0 Å². The predicted octanol–water partition coefficient (Wildman–Crippen LogP) is 1.30. The van der Waals surface area contributed by atoms with Gasteiger partial charge in [-0.15, -0.1) is 0 Å². The van der Waals surface area contributed by atoms with Gasteiger partial charge in [0.05, 0.1) is 33.0 Å². The van der Waals surface area contributed by atoms with Crippen molar-refractivity contribution in [1.82, 2.24) is 24.8 Å². The number of likely N-dealkylation sites (tertiary alicyclic amines) is 1. The summed E-state index contributed by atoms with van der Waals surface area (Å²) < 4.78 is 22.0. The minimum absolute atomic E-state index is 0.0724. The van der Waals surface area contributed by atoms with Crippen LogP contribution < -0.4 is 0 Å². The van der Waals surface area contributed by atoms with E-state index in [4.69, 9.17) is 18.4 Å². The molecule has 184 valence electrons. The molecule has 2 amide bonds. The van der Waals surface area contributed by atoms with Gasteiger partial charge in [-0.3, -0.25) is 14.5 Å².